The molecule has 3 heteroatoms. The summed E-state index contributed by atoms with van der Waals surface area (Å²) in [5, 5.41) is 3.44. The molecular weight excluding hydrogens is 200 g/mol. The van der Waals surface area contributed by atoms with Gasteiger partial charge in [-0.2, -0.15) is 0 Å². The third-order valence-electron chi connectivity index (χ3n) is 2.89. The maximum atomic E-state index is 6.09. The first-order valence-electron chi connectivity index (χ1n) is 5.91. The molecule has 2 unspecified atom stereocenters. The smallest absolute Gasteiger partial charge is 0.105 e. The Morgan fingerprint density at radius 1 is 1.44 bits per heavy atom. The molecule has 2 atom stereocenters. The van der Waals surface area contributed by atoms with E-state index in [-0.39, 0.29) is 11.5 Å². The van der Waals surface area contributed by atoms with Gasteiger partial charge in [-0.05, 0) is 24.5 Å². The van der Waals surface area contributed by atoms with Gasteiger partial charge in [0.2, 0.25) is 0 Å². The van der Waals surface area contributed by atoms with Gasteiger partial charge in [-0.1, -0.05) is 20.8 Å². The van der Waals surface area contributed by atoms with Crippen LogP contribution in [0.4, 0.5) is 0 Å². The highest BCUT2D eigenvalue weighted by Gasteiger charge is 2.20. The van der Waals surface area contributed by atoms with Crippen LogP contribution in [0.3, 0.4) is 0 Å². The lowest BCUT2D eigenvalue weighted by Gasteiger charge is -2.28. The first kappa shape index (κ1) is 13.3. The van der Waals surface area contributed by atoms with Crippen molar-refractivity contribution in [3.8, 4) is 0 Å². The lowest BCUT2D eigenvalue weighted by molar-refractivity contribution is 0.299. The SMILES string of the molecule is CC(Cc1ccco1)NCC(N)C(C)(C)C. The summed E-state index contributed by atoms with van der Waals surface area (Å²) in [4.78, 5) is 0. The topological polar surface area (TPSA) is 51.2 Å². The highest BCUT2D eigenvalue weighted by Crippen LogP contribution is 2.16. The lowest BCUT2D eigenvalue weighted by Crippen LogP contribution is -2.46. The average Bonchev–Trinajstić information content (AvgIpc) is 2.65. The summed E-state index contributed by atoms with van der Waals surface area (Å²) >= 11 is 0. The van der Waals surface area contributed by atoms with Crippen LogP contribution in [-0.2, 0) is 6.42 Å². The molecule has 0 amide bonds. The molecule has 0 bridgehead atoms. The van der Waals surface area contributed by atoms with Crippen LogP contribution in [0.15, 0.2) is 22.8 Å². The van der Waals surface area contributed by atoms with Gasteiger partial charge in [0.25, 0.3) is 0 Å². The molecule has 3 nitrogen and oxygen atoms in total. The molecule has 1 rings (SSSR count). The fourth-order valence-electron chi connectivity index (χ4n) is 1.44. The molecule has 0 fully saturated rings. The van der Waals surface area contributed by atoms with Crippen LogP contribution in [0.25, 0.3) is 0 Å². The number of hydrogen-bond donors (Lipinski definition) is 2. The Labute approximate surface area is 98.4 Å². The van der Waals surface area contributed by atoms with E-state index in [1.54, 1.807) is 6.26 Å². The standard InChI is InChI=1S/C13H24N2O/c1-10(8-11-6-5-7-16-11)15-9-12(14)13(2,3)4/h5-7,10,12,15H,8-9,14H2,1-4H3. The van der Waals surface area contributed by atoms with Gasteiger partial charge in [0.15, 0.2) is 0 Å². The van der Waals surface area contributed by atoms with Crippen molar-refractivity contribution in [1.29, 1.82) is 0 Å². The second-order valence-corrected chi connectivity index (χ2v) is 5.57. The third-order valence-corrected chi connectivity index (χ3v) is 2.89. The van der Waals surface area contributed by atoms with Crippen molar-refractivity contribution in [3.63, 3.8) is 0 Å². The van der Waals surface area contributed by atoms with Crippen molar-refractivity contribution in [2.45, 2.75) is 46.2 Å². The third kappa shape index (κ3) is 4.37. The Balaban J connectivity index is 2.28. The number of nitrogens with two attached hydrogens (primary N) is 1. The van der Waals surface area contributed by atoms with Gasteiger partial charge in [0.05, 0.1) is 6.26 Å². The van der Waals surface area contributed by atoms with Crippen molar-refractivity contribution >= 4 is 0 Å². The first-order valence-corrected chi connectivity index (χ1v) is 5.91. The van der Waals surface area contributed by atoms with E-state index in [0.717, 1.165) is 18.7 Å². The minimum Gasteiger partial charge on any atom is -0.469 e. The van der Waals surface area contributed by atoms with Crippen molar-refractivity contribution in [3.05, 3.63) is 24.2 Å². The van der Waals surface area contributed by atoms with Crippen LogP contribution in [0.1, 0.15) is 33.5 Å². The van der Waals surface area contributed by atoms with Gasteiger partial charge in [0, 0.05) is 25.0 Å². The molecule has 3 N–H and O–H groups in total. The van der Waals surface area contributed by atoms with E-state index < -0.39 is 0 Å². The van der Waals surface area contributed by atoms with Crippen LogP contribution >= 0.6 is 0 Å². The normalized spacial score (nSPS) is 16.1. The maximum Gasteiger partial charge on any atom is 0.105 e. The Morgan fingerprint density at radius 2 is 2.12 bits per heavy atom. The van der Waals surface area contributed by atoms with Crippen LogP contribution in [0, 0.1) is 5.41 Å². The van der Waals surface area contributed by atoms with Gasteiger partial charge >= 0.3 is 0 Å². The van der Waals surface area contributed by atoms with Crippen molar-refractivity contribution in [1.82, 2.24) is 5.32 Å². The second kappa shape index (κ2) is 5.51. The summed E-state index contributed by atoms with van der Waals surface area (Å²) in [6.45, 7) is 9.48. The molecule has 0 aromatic carbocycles. The lowest BCUT2D eigenvalue weighted by atomic mass is 9.87. The Hall–Kier alpha value is -0.800. The Bertz CT molecular complexity index is 287. The van der Waals surface area contributed by atoms with Gasteiger partial charge in [-0.15, -0.1) is 0 Å². The van der Waals surface area contributed by atoms with Gasteiger partial charge in [0.1, 0.15) is 5.76 Å². The summed E-state index contributed by atoms with van der Waals surface area (Å²) in [5.41, 5.74) is 6.24. The minimum absolute atomic E-state index is 0.150. The molecular formula is C13H24N2O. The molecule has 0 radical (unpaired) electrons. The van der Waals surface area contributed by atoms with Crippen molar-refractivity contribution in [2.75, 3.05) is 6.54 Å². The zero-order valence-corrected chi connectivity index (χ0v) is 10.8. The fraction of sp³-hybridized carbons (Fsp3) is 0.692. The fourth-order valence-corrected chi connectivity index (χ4v) is 1.44. The summed E-state index contributed by atoms with van der Waals surface area (Å²) in [5.74, 6) is 1.02. The van der Waals surface area contributed by atoms with Crippen LogP contribution in [-0.4, -0.2) is 18.6 Å². The average molecular weight is 224 g/mol. The molecule has 0 aliphatic carbocycles. The highest BCUT2D eigenvalue weighted by molar-refractivity contribution is 5.00. The molecule has 16 heavy (non-hydrogen) atoms. The van der Waals surface area contributed by atoms with E-state index in [4.69, 9.17) is 10.2 Å². The minimum atomic E-state index is 0.150. The molecule has 0 saturated carbocycles. The van der Waals surface area contributed by atoms with E-state index in [1.807, 2.05) is 12.1 Å². The van der Waals surface area contributed by atoms with E-state index >= 15 is 0 Å². The predicted octanol–water partition coefficient (Wildman–Crippen LogP) is 2.17. The van der Waals surface area contributed by atoms with Gasteiger partial charge in [-0.25, -0.2) is 0 Å². The largest absolute Gasteiger partial charge is 0.469 e. The van der Waals surface area contributed by atoms with Crippen LogP contribution in [0.5, 0.6) is 0 Å². The monoisotopic (exact) mass is 224 g/mol. The number of furan rings is 1. The molecule has 0 aliphatic heterocycles. The summed E-state index contributed by atoms with van der Waals surface area (Å²) in [7, 11) is 0. The predicted molar refractivity (Wildman–Crippen MR) is 67.3 cm³/mol. The second-order valence-electron chi connectivity index (χ2n) is 5.57. The zero-order chi connectivity index (χ0) is 12.2. The Morgan fingerprint density at radius 3 is 2.62 bits per heavy atom. The molecule has 0 spiro atoms. The van der Waals surface area contributed by atoms with Gasteiger partial charge < -0.3 is 15.5 Å². The molecule has 92 valence electrons. The quantitative estimate of drug-likeness (QED) is 0.806. The van der Waals surface area contributed by atoms with Gasteiger partial charge in [-0.3, -0.25) is 0 Å². The molecule has 1 aromatic heterocycles. The number of rotatable bonds is 5. The summed E-state index contributed by atoms with van der Waals surface area (Å²) in [6.07, 6.45) is 2.62. The number of nitrogens with one attached hydrogen (secondary N) is 1. The van der Waals surface area contributed by atoms with E-state index in [0.29, 0.717) is 6.04 Å². The summed E-state index contributed by atoms with van der Waals surface area (Å²) < 4.78 is 5.31. The van der Waals surface area contributed by atoms with Crippen LogP contribution < -0.4 is 11.1 Å². The van der Waals surface area contributed by atoms with E-state index in [2.05, 4.69) is 33.0 Å². The first-order chi connectivity index (χ1) is 7.39. The number of hydrogen-bond acceptors (Lipinski definition) is 3. The van der Waals surface area contributed by atoms with Crippen LogP contribution in [0.2, 0.25) is 0 Å². The van der Waals surface area contributed by atoms with Crippen molar-refractivity contribution < 1.29 is 4.42 Å². The van der Waals surface area contributed by atoms with Crippen molar-refractivity contribution in [2.24, 2.45) is 11.1 Å². The molecule has 0 saturated heterocycles. The van der Waals surface area contributed by atoms with E-state index in [9.17, 15) is 0 Å². The maximum absolute atomic E-state index is 6.09. The molecule has 1 aromatic rings. The Kier molecular flexibility index (Phi) is 4.56. The van der Waals surface area contributed by atoms with E-state index in [1.165, 1.54) is 0 Å². The zero-order valence-electron chi connectivity index (χ0n) is 10.8. The molecule has 1 heterocycles. The highest BCUT2D eigenvalue weighted by atomic mass is 16.3. The molecule has 0 aliphatic rings. The summed E-state index contributed by atoms with van der Waals surface area (Å²) in [6, 6.07) is 4.48.